The van der Waals surface area contributed by atoms with E-state index in [-0.39, 0.29) is 12.6 Å². The number of rotatable bonds is 4. The van der Waals surface area contributed by atoms with Gasteiger partial charge < -0.3 is 15.3 Å². The van der Waals surface area contributed by atoms with Crippen molar-refractivity contribution in [1.82, 2.24) is 10.2 Å². The van der Waals surface area contributed by atoms with E-state index < -0.39 is 0 Å². The Morgan fingerprint density at radius 2 is 2.36 bits per heavy atom. The van der Waals surface area contributed by atoms with E-state index in [4.69, 9.17) is 5.11 Å². The van der Waals surface area contributed by atoms with E-state index in [2.05, 4.69) is 12.2 Å². The fourth-order valence-corrected chi connectivity index (χ4v) is 1.53. The lowest BCUT2D eigenvalue weighted by Gasteiger charge is -2.38. The van der Waals surface area contributed by atoms with Gasteiger partial charge in [0.05, 0.1) is 0 Å². The Bertz CT molecular complexity index is 195. The predicted molar refractivity (Wildman–Crippen MR) is 58.5 cm³/mol. The van der Waals surface area contributed by atoms with E-state index >= 15 is 0 Å². The molecule has 1 heterocycles. The third-order valence-electron chi connectivity index (χ3n) is 2.45. The summed E-state index contributed by atoms with van der Waals surface area (Å²) in [6, 6.07) is -0.00407. The quantitative estimate of drug-likeness (QED) is 0.717. The maximum atomic E-state index is 11.4. The average molecular weight is 218 g/mol. The van der Waals surface area contributed by atoms with Crippen LogP contribution in [0, 0.1) is 5.92 Å². The van der Waals surface area contributed by atoms with Gasteiger partial charge in [-0.05, 0) is 6.26 Å². The molecule has 0 aliphatic carbocycles. The SMILES string of the molecule is CSC(C)CNC(=O)N1CC(CO)C1. The molecule has 0 spiro atoms. The molecule has 0 aromatic heterocycles. The van der Waals surface area contributed by atoms with Crippen molar-refractivity contribution in [1.29, 1.82) is 0 Å². The highest BCUT2D eigenvalue weighted by Gasteiger charge is 2.29. The molecule has 1 aliphatic rings. The van der Waals surface area contributed by atoms with Crippen LogP contribution in [-0.4, -0.2) is 53.8 Å². The second-order valence-electron chi connectivity index (χ2n) is 3.69. The zero-order valence-corrected chi connectivity index (χ0v) is 9.51. The van der Waals surface area contributed by atoms with Crippen LogP contribution in [0.1, 0.15) is 6.92 Å². The maximum Gasteiger partial charge on any atom is 0.317 e. The second kappa shape index (κ2) is 5.46. The monoisotopic (exact) mass is 218 g/mol. The van der Waals surface area contributed by atoms with Crippen molar-refractivity contribution in [3.63, 3.8) is 0 Å². The summed E-state index contributed by atoms with van der Waals surface area (Å²) in [5, 5.41) is 12.1. The van der Waals surface area contributed by atoms with E-state index in [0.29, 0.717) is 30.8 Å². The number of hydrogen-bond donors (Lipinski definition) is 2. The number of amides is 2. The summed E-state index contributed by atoms with van der Waals surface area (Å²) in [6.45, 7) is 4.36. The van der Waals surface area contributed by atoms with Gasteiger partial charge in [-0.25, -0.2) is 4.79 Å². The first-order valence-corrected chi connectivity index (χ1v) is 6.12. The molecule has 82 valence electrons. The smallest absolute Gasteiger partial charge is 0.317 e. The van der Waals surface area contributed by atoms with Crippen molar-refractivity contribution in [3.8, 4) is 0 Å². The number of likely N-dealkylation sites (tertiary alicyclic amines) is 1. The normalized spacial score (nSPS) is 18.9. The first kappa shape index (κ1) is 11.7. The van der Waals surface area contributed by atoms with Crippen LogP contribution in [0.25, 0.3) is 0 Å². The van der Waals surface area contributed by atoms with Gasteiger partial charge in [-0.1, -0.05) is 6.92 Å². The highest BCUT2D eigenvalue weighted by Crippen LogP contribution is 2.14. The molecule has 2 N–H and O–H groups in total. The van der Waals surface area contributed by atoms with E-state index in [0.717, 1.165) is 0 Å². The fraction of sp³-hybridized carbons (Fsp3) is 0.889. The minimum Gasteiger partial charge on any atom is -0.396 e. The number of aliphatic hydroxyl groups excluding tert-OH is 1. The molecule has 2 amide bonds. The lowest BCUT2D eigenvalue weighted by Crippen LogP contribution is -2.55. The topological polar surface area (TPSA) is 52.6 Å². The van der Waals surface area contributed by atoms with Crippen molar-refractivity contribution >= 4 is 17.8 Å². The third-order valence-corrected chi connectivity index (χ3v) is 3.42. The van der Waals surface area contributed by atoms with E-state index in [1.165, 1.54) is 0 Å². The van der Waals surface area contributed by atoms with Gasteiger partial charge in [-0.2, -0.15) is 11.8 Å². The number of hydrogen-bond acceptors (Lipinski definition) is 3. The number of thioether (sulfide) groups is 1. The maximum absolute atomic E-state index is 11.4. The first-order chi connectivity index (χ1) is 6.67. The highest BCUT2D eigenvalue weighted by atomic mass is 32.2. The Hall–Kier alpha value is -0.420. The summed E-state index contributed by atoms with van der Waals surface area (Å²) in [6.07, 6.45) is 2.03. The predicted octanol–water partition coefficient (Wildman–Crippen LogP) is 0.372. The zero-order valence-electron chi connectivity index (χ0n) is 8.69. The van der Waals surface area contributed by atoms with Gasteiger partial charge in [-0.15, -0.1) is 0 Å². The molecule has 1 aliphatic heterocycles. The van der Waals surface area contributed by atoms with Crippen molar-refractivity contribution in [2.75, 3.05) is 32.5 Å². The van der Waals surface area contributed by atoms with Gasteiger partial charge >= 0.3 is 6.03 Å². The minimum absolute atomic E-state index is 0.00407. The molecule has 1 unspecified atom stereocenters. The molecule has 0 saturated carbocycles. The first-order valence-electron chi connectivity index (χ1n) is 4.83. The van der Waals surface area contributed by atoms with Gasteiger partial charge in [0.15, 0.2) is 0 Å². The molecule has 0 aromatic carbocycles. The van der Waals surface area contributed by atoms with Crippen molar-refractivity contribution < 1.29 is 9.90 Å². The van der Waals surface area contributed by atoms with E-state index in [1.54, 1.807) is 16.7 Å². The van der Waals surface area contributed by atoms with Crippen molar-refractivity contribution in [2.45, 2.75) is 12.2 Å². The number of nitrogens with zero attached hydrogens (tertiary/aromatic N) is 1. The molecule has 1 saturated heterocycles. The number of carbonyl (C=O) groups excluding carboxylic acids is 1. The zero-order chi connectivity index (χ0) is 10.6. The van der Waals surface area contributed by atoms with Gasteiger partial charge in [0, 0.05) is 37.4 Å². The Morgan fingerprint density at radius 1 is 1.71 bits per heavy atom. The Morgan fingerprint density at radius 3 is 2.86 bits per heavy atom. The van der Waals surface area contributed by atoms with Crippen LogP contribution in [0.5, 0.6) is 0 Å². The molecular formula is C9H18N2O2S. The van der Waals surface area contributed by atoms with Gasteiger partial charge in [0.1, 0.15) is 0 Å². The van der Waals surface area contributed by atoms with Crippen LogP contribution in [0.3, 0.4) is 0 Å². The Kier molecular flexibility index (Phi) is 4.54. The fourth-order valence-electron chi connectivity index (χ4n) is 1.28. The molecule has 1 rings (SSSR count). The number of urea groups is 1. The van der Waals surface area contributed by atoms with Crippen LogP contribution in [0.2, 0.25) is 0 Å². The van der Waals surface area contributed by atoms with E-state index in [9.17, 15) is 4.79 Å². The van der Waals surface area contributed by atoms with Crippen LogP contribution in [-0.2, 0) is 0 Å². The van der Waals surface area contributed by atoms with Crippen LogP contribution in [0.15, 0.2) is 0 Å². The van der Waals surface area contributed by atoms with Crippen molar-refractivity contribution in [3.05, 3.63) is 0 Å². The summed E-state index contributed by atoms with van der Waals surface area (Å²) in [7, 11) is 0. The molecule has 0 radical (unpaired) electrons. The minimum atomic E-state index is -0.00407. The molecule has 14 heavy (non-hydrogen) atoms. The van der Waals surface area contributed by atoms with Crippen LogP contribution in [0.4, 0.5) is 4.79 Å². The van der Waals surface area contributed by atoms with Gasteiger partial charge in [0.25, 0.3) is 0 Å². The molecular weight excluding hydrogens is 200 g/mol. The van der Waals surface area contributed by atoms with E-state index in [1.807, 2.05) is 6.26 Å². The number of aliphatic hydroxyl groups is 1. The molecule has 0 aromatic rings. The molecule has 1 atom stereocenters. The average Bonchev–Trinajstić information content (AvgIpc) is 2.12. The molecule has 0 bridgehead atoms. The van der Waals surface area contributed by atoms with Crippen LogP contribution < -0.4 is 5.32 Å². The highest BCUT2D eigenvalue weighted by molar-refractivity contribution is 7.99. The lowest BCUT2D eigenvalue weighted by atomic mass is 10.0. The standard InChI is InChI=1S/C9H18N2O2S/c1-7(14-2)3-10-9(13)11-4-8(5-11)6-12/h7-8,12H,3-6H2,1-2H3,(H,10,13). The number of nitrogens with one attached hydrogen (secondary N) is 1. The Balaban J connectivity index is 2.11. The summed E-state index contributed by atoms with van der Waals surface area (Å²) < 4.78 is 0. The van der Waals surface area contributed by atoms with Gasteiger partial charge in [0.2, 0.25) is 0 Å². The lowest BCUT2D eigenvalue weighted by molar-refractivity contribution is 0.0778. The summed E-state index contributed by atoms with van der Waals surface area (Å²) >= 11 is 1.74. The summed E-state index contributed by atoms with van der Waals surface area (Å²) in [4.78, 5) is 13.2. The summed E-state index contributed by atoms with van der Waals surface area (Å²) in [5.41, 5.74) is 0. The molecule has 1 fully saturated rings. The third kappa shape index (κ3) is 3.06. The second-order valence-corrected chi connectivity index (χ2v) is 4.96. The Labute approximate surface area is 89.0 Å². The molecule has 4 nitrogen and oxygen atoms in total. The van der Waals surface area contributed by atoms with Gasteiger partial charge in [-0.3, -0.25) is 0 Å². The van der Waals surface area contributed by atoms with Crippen LogP contribution >= 0.6 is 11.8 Å². The van der Waals surface area contributed by atoms with Crippen molar-refractivity contribution in [2.24, 2.45) is 5.92 Å². The molecule has 5 heteroatoms. The summed E-state index contributed by atoms with van der Waals surface area (Å²) in [5.74, 6) is 0.290. The largest absolute Gasteiger partial charge is 0.396 e. The number of carbonyl (C=O) groups is 1.